The minimum atomic E-state index is -0.363. The van der Waals surface area contributed by atoms with Gasteiger partial charge in [0.1, 0.15) is 0 Å². The second kappa shape index (κ2) is 9.30. The van der Waals surface area contributed by atoms with Crippen molar-refractivity contribution in [3.05, 3.63) is 35.9 Å². The molecular formula is C15H23ClN2O2S. The van der Waals surface area contributed by atoms with Gasteiger partial charge in [-0.2, -0.15) is 11.8 Å². The van der Waals surface area contributed by atoms with Crippen molar-refractivity contribution in [3.8, 4) is 0 Å². The van der Waals surface area contributed by atoms with Crippen LogP contribution in [-0.4, -0.2) is 48.1 Å². The molecule has 0 saturated carbocycles. The van der Waals surface area contributed by atoms with Crippen molar-refractivity contribution in [2.24, 2.45) is 5.73 Å². The summed E-state index contributed by atoms with van der Waals surface area (Å²) in [6.45, 7) is 1.93. The van der Waals surface area contributed by atoms with E-state index in [1.807, 2.05) is 36.6 Å². The van der Waals surface area contributed by atoms with Crippen molar-refractivity contribution in [1.29, 1.82) is 0 Å². The standard InChI is InChI=1S/C15H22N2O2S.ClH/c1-20-8-7-14(16)15(18)17-9-13(10-17)19-11-12-5-3-2-4-6-12;/h2-6,13-14H,7-11,16H2,1H3;1H/t14-;/m0./s1. The van der Waals surface area contributed by atoms with Crippen LogP contribution in [0.25, 0.3) is 0 Å². The van der Waals surface area contributed by atoms with E-state index < -0.39 is 0 Å². The highest BCUT2D eigenvalue weighted by atomic mass is 35.5. The van der Waals surface area contributed by atoms with E-state index in [2.05, 4.69) is 0 Å². The van der Waals surface area contributed by atoms with Gasteiger partial charge in [0.05, 0.1) is 18.8 Å². The van der Waals surface area contributed by atoms with Gasteiger partial charge in [0.15, 0.2) is 0 Å². The molecule has 1 aromatic rings. The Morgan fingerprint density at radius 2 is 2.10 bits per heavy atom. The molecule has 6 heteroatoms. The smallest absolute Gasteiger partial charge is 0.239 e. The molecule has 2 N–H and O–H groups in total. The SMILES string of the molecule is CSCC[C@H](N)C(=O)N1CC(OCc2ccccc2)C1.Cl. The molecule has 1 fully saturated rings. The molecule has 0 aliphatic carbocycles. The molecule has 0 aromatic heterocycles. The molecule has 0 bridgehead atoms. The van der Waals surface area contributed by atoms with Crippen molar-refractivity contribution in [1.82, 2.24) is 4.90 Å². The second-order valence-corrected chi connectivity index (χ2v) is 6.04. The van der Waals surface area contributed by atoms with Gasteiger partial charge < -0.3 is 15.4 Å². The van der Waals surface area contributed by atoms with Gasteiger partial charge in [-0.3, -0.25) is 4.79 Å². The van der Waals surface area contributed by atoms with Crippen LogP contribution in [0, 0.1) is 0 Å². The fraction of sp³-hybridized carbons (Fsp3) is 0.533. The molecule has 0 unspecified atom stereocenters. The van der Waals surface area contributed by atoms with Crippen LogP contribution in [0.3, 0.4) is 0 Å². The number of rotatable bonds is 7. The van der Waals surface area contributed by atoms with Crippen molar-refractivity contribution in [2.75, 3.05) is 25.1 Å². The summed E-state index contributed by atoms with van der Waals surface area (Å²) in [7, 11) is 0. The average molecular weight is 331 g/mol. The first-order chi connectivity index (χ1) is 9.70. The summed E-state index contributed by atoms with van der Waals surface area (Å²) in [6, 6.07) is 9.71. The molecular weight excluding hydrogens is 308 g/mol. The zero-order valence-corrected chi connectivity index (χ0v) is 13.9. The Hall–Kier alpha value is -0.750. The number of amides is 1. The maximum Gasteiger partial charge on any atom is 0.239 e. The van der Waals surface area contributed by atoms with Crippen LogP contribution in [0.5, 0.6) is 0 Å². The number of carbonyl (C=O) groups is 1. The first-order valence-electron chi connectivity index (χ1n) is 6.89. The summed E-state index contributed by atoms with van der Waals surface area (Å²) < 4.78 is 5.77. The molecule has 1 heterocycles. The van der Waals surface area contributed by atoms with E-state index in [-0.39, 0.29) is 30.5 Å². The molecule has 4 nitrogen and oxygen atoms in total. The number of likely N-dealkylation sites (tertiary alicyclic amines) is 1. The van der Waals surface area contributed by atoms with Crippen LogP contribution in [0.15, 0.2) is 30.3 Å². The van der Waals surface area contributed by atoms with Crippen molar-refractivity contribution in [2.45, 2.75) is 25.2 Å². The molecule has 0 radical (unpaired) electrons. The third kappa shape index (κ3) is 5.51. The van der Waals surface area contributed by atoms with E-state index in [0.29, 0.717) is 19.7 Å². The normalized spacial score (nSPS) is 16.0. The van der Waals surface area contributed by atoms with E-state index in [0.717, 1.165) is 17.7 Å². The Balaban J connectivity index is 0.00000220. The number of halogens is 1. The average Bonchev–Trinajstić information content (AvgIpc) is 2.43. The van der Waals surface area contributed by atoms with E-state index in [9.17, 15) is 4.79 Å². The fourth-order valence-electron chi connectivity index (χ4n) is 2.11. The summed E-state index contributed by atoms with van der Waals surface area (Å²) in [6.07, 6.45) is 2.91. The minimum absolute atomic E-state index is 0. The second-order valence-electron chi connectivity index (χ2n) is 5.05. The number of thioether (sulfide) groups is 1. The van der Waals surface area contributed by atoms with E-state index in [1.165, 1.54) is 0 Å². The first kappa shape index (κ1) is 18.3. The number of benzene rings is 1. The molecule has 1 atom stereocenters. The number of carbonyl (C=O) groups excluding carboxylic acids is 1. The van der Waals surface area contributed by atoms with Crippen molar-refractivity contribution in [3.63, 3.8) is 0 Å². The van der Waals surface area contributed by atoms with E-state index >= 15 is 0 Å². The maximum absolute atomic E-state index is 12.0. The highest BCUT2D eigenvalue weighted by Crippen LogP contribution is 2.16. The molecule has 1 aliphatic heterocycles. The molecule has 1 saturated heterocycles. The van der Waals surface area contributed by atoms with Gasteiger partial charge in [-0.15, -0.1) is 12.4 Å². The Morgan fingerprint density at radius 3 is 2.71 bits per heavy atom. The largest absolute Gasteiger partial charge is 0.370 e. The van der Waals surface area contributed by atoms with Gasteiger partial charge in [-0.25, -0.2) is 0 Å². The van der Waals surface area contributed by atoms with Gasteiger partial charge in [-0.05, 0) is 24.0 Å². The quantitative estimate of drug-likeness (QED) is 0.830. The summed E-state index contributed by atoms with van der Waals surface area (Å²) >= 11 is 1.72. The monoisotopic (exact) mass is 330 g/mol. The van der Waals surface area contributed by atoms with Crippen molar-refractivity contribution >= 4 is 30.1 Å². The molecule has 1 amide bonds. The number of nitrogens with two attached hydrogens (primary N) is 1. The number of hydrogen-bond acceptors (Lipinski definition) is 4. The molecule has 1 aliphatic rings. The Labute approximate surface area is 136 Å². The zero-order chi connectivity index (χ0) is 14.4. The summed E-state index contributed by atoms with van der Waals surface area (Å²) in [4.78, 5) is 13.8. The van der Waals surface area contributed by atoms with Crippen molar-refractivity contribution < 1.29 is 9.53 Å². The van der Waals surface area contributed by atoms with Crippen LogP contribution < -0.4 is 5.73 Å². The number of nitrogens with zero attached hydrogens (tertiary/aromatic N) is 1. The van der Waals surface area contributed by atoms with Crippen LogP contribution in [0.2, 0.25) is 0 Å². The van der Waals surface area contributed by atoms with Crippen LogP contribution in [-0.2, 0) is 16.1 Å². The van der Waals surface area contributed by atoms with Crippen LogP contribution in [0.4, 0.5) is 0 Å². The number of ether oxygens (including phenoxy) is 1. The van der Waals surface area contributed by atoms with Gasteiger partial charge in [0, 0.05) is 13.1 Å². The molecule has 21 heavy (non-hydrogen) atoms. The maximum atomic E-state index is 12.0. The van der Waals surface area contributed by atoms with Gasteiger partial charge in [0.25, 0.3) is 0 Å². The topological polar surface area (TPSA) is 55.6 Å². The van der Waals surface area contributed by atoms with Gasteiger partial charge in [0.2, 0.25) is 5.91 Å². The predicted octanol–water partition coefficient (Wildman–Crippen LogP) is 1.92. The highest BCUT2D eigenvalue weighted by molar-refractivity contribution is 7.98. The lowest BCUT2D eigenvalue weighted by Gasteiger charge is -2.40. The molecule has 2 rings (SSSR count). The lowest BCUT2D eigenvalue weighted by atomic mass is 10.1. The van der Waals surface area contributed by atoms with Crippen LogP contribution >= 0.6 is 24.2 Å². The summed E-state index contributed by atoms with van der Waals surface area (Å²) in [5, 5.41) is 0. The van der Waals surface area contributed by atoms with Gasteiger partial charge >= 0.3 is 0 Å². The summed E-state index contributed by atoms with van der Waals surface area (Å²) in [5.74, 6) is 0.980. The highest BCUT2D eigenvalue weighted by Gasteiger charge is 2.33. The lowest BCUT2D eigenvalue weighted by Crippen LogP contribution is -2.58. The third-order valence-electron chi connectivity index (χ3n) is 3.44. The third-order valence-corrected chi connectivity index (χ3v) is 4.08. The lowest BCUT2D eigenvalue weighted by molar-refractivity contribution is -0.147. The zero-order valence-electron chi connectivity index (χ0n) is 12.2. The molecule has 118 valence electrons. The molecule has 0 spiro atoms. The summed E-state index contributed by atoms with van der Waals surface area (Å²) in [5.41, 5.74) is 7.04. The minimum Gasteiger partial charge on any atom is -0.370 e. The van der Waals surface area contributed by atoms with Crippen LogP contribution in [0.1, 0.15) is 12.0 Å². The van der Waals surface area contributed by atoms with E-state index in [4.69, 9.17) is 10.5 Å². The Kier molecular flexibility index (Phi) is 8.11. The predicted molar refractivity (Wildman–Crippen MR) is 89.8 cm³/mol. The van der Waals surface area contributed by atoms with E-state index in [1.54, 1.807) is 16.7 Å². The Bertz CT molecular complexity index is 427. The number of hydrogen-bond donors (Lipinski definition) is 1. The first-order valence-corrected chi connectivity index (χ1v) is 8.29. The van der Waals surface area contributed by atoms with Gasteiger partial charge in [-0.1, -0.05) is 30.3 Å². The molecule has 1 aromatic carbocycles. The Morgan fingerprint density at radius 1 is 1.43 bits per heavy atom. The fourth-order valence-corrected chi connectivity index (χ4v) is 2.60.